The van der Waals surface area contributed by atoms with Gasteiger partial charge in [-0.05, 0) is 13.1 Å². The largest absolute Gasteiger partial charge is 0.400 e. The molecule has 82 valence electrons. The molecule has 1 rings (SSSR count). The van der Waals surface area contributed by atoms with Crippen LogP contribution in [0.5, 0.6) is 0 Å². The first kappa shape index (κ1) is 15.4. The fourth-order valence-corrected chi connectivity index (χ4v) is 1.31. The first-order chi connectivity index (χ1) is 6.41. The quantitative estimate of drug-likeness (QED) is 0.700. The first-order valence-electron chi connectivity index (χ1n) is 5.57. The van der Waals surface area contributed by atoms with Crippen LogP contribution < -0.4 is 5.32 Å². The summed E-state index contributed by atoms with van der Waals surface area (Å²) in [6.07, 6.45) is 9.00. The lowest BCUT2D eigenvalue weighted by Crippen LogP contribution is -2.09. The maximum absolute atomic E-state index is 7.00. The third kappa shape index (κ3) is 18.7. The van der Waals surface area contributed by atoms with E-state index in [1.54, 1.807) is 0 Å². The third-order valence-corrected chi connectivity index (χ3v) is 2.00. The number of aliphatic hydroxyl groups is 1. The molecule has 13 heavy (non-hydrogen) atoms. The minimum atomic E-state index is 1.00. The highest BCUT2D eigenvalue weighted by Gasteiger charge is 1.95. The van der Waals surface area contributed by atoms with Crippen molar-refractivity contribution in [3.8, 4) is 0 Å². The molecule has 0 heterocycles. The molecule has 1 fully saturated rings. The maximum Gasteiger partial charge on any atom is 0.0319 e. The Labute approximate surface area is 83.7 Å². The lowest BCUT2D eigenvalue weighted by atomic mass is 10.0. The maximum atomic E-state index is 7.00. The molecule has 0 radical (unpaired) electrons. The monoisotopic (exact) mass is 189 g/mol. The molecule has 0 atom stereocenters. The van der Waals surface area contributed by atoms with E-state index in [9.17, 15) is 0 Å². The van der Waals surface area contributed by atoms with Crippen LogP contribution in [0.25, 0.3) is 0 Å². The van der Waals surface area contributed by atoms with Gasteiger partial charge in [-0.15, -0.1) is 0 Å². The summed E-state index contributed by atoms with van der Waals surface area (Å²) in [5.41, 5.74) is 0. The number of aliphatic hydroxyl groups excluding tert-OH is 1. The molecule has 0 aromatic rings. The Morgan fingerprint density at radius 2 is 1.00 bits per heavy atom. The molecule has 2 N–H and O–H groups in total. The van der Waals surface area contributed by atoms with Gasteiger partial charge in [0.25, 0.3) is 0 Å². The van der Waals surface area contributed by atoms with Crippen molar-refractivity contribution in [1.29, 1.82) is 0 Å². The molecular weight excluding hydrogens is 162 g/mol. The Hall–Kier alpha value is -0.0800. The van der Waals surface area contributed by atoms with E-state index in [1.165, 1.54) is 38.5 Å². The van der Waals surface area contributed by atoms with Crippen molar-refractivity contribution in [1.82, 2.24) is 5.32 Å². The second kappa shape index (κ2) is 17.9. The van der Waals surface area contributed by atoms with E-state index in [0.717, 1.165) is 20.2 Å². The van der Waals surface area contributed by atoms with E-state index in [4.69, 9.17) is 5.11 Å². The highest BCUT2D eigenvalue weighted by molar-refractivity contribution is 4.51. The van der Waals surface area contributed by atoms with Crippen LogP contribution in [0, 0.1) is 0 Å². The van der Waals surface area contributed by atoms with Crippen molar-refractivity contribution >= 4 is 0 Å². The molecule has 0 aromatic heterocycles. The van der Waals surface area contributed by atoms with Gasteiger partial charge in [-0.2, -0.15) is 0 Å². The van der Waals surface area contributed by atoms with Crippen LogP contribution in [-0.4, -0.2) is 25.3 Å². The molecule has 0 aliphatic heterocycles. The van der Waals surface area contributed by atoms with Gasteiger partial charge in [-0.1, -0.05) is 52.4 Å². The van der Waals surface area contributed by atoms with Crippen molar-refractivity contribution in [3.63, 3.8) is 0 Å². The molecule has 1 aliphatic rings. The molecule has 0 saturated heterocycles. The third-order valence-electron chi connectivity index (χ3n) is 2.00. The van der Waals surface area contributed by atoms with Gasteiger partial charge in [0.1, 0.15) is 0 Å². The SMILES string of the molecule is C1CCCCC1.CCNCC.CO. The minimum Gasteiger partial charge on any atom is -0.400 e. The lowest BCUT2D eigenvalue weighted by molar-refractivity contribution is 0.399. The summed E-state index contributed by atoms with van der Waals surface area (Å²) in [6, 6.07) is 0. The molecular formula is C11H27NO. The molecule has 1 aliphatic carbocycles. The van der Waals surface area contributed by atoms with Gasteiger partial charge < -0.3 is 10.4 Å². The van der Waals surface area contributed by atoms with Gasteiger partial charge in [0.2, 0.25) is 0 Å². The Balaban J connectivity index is 0. The summed E-state index contributed by atoms with van der Waals surface area (Å²) in [4.78, 5) is 0. The zero-order valence-electron chi connectivity index (χ0n) is 9.60. The van der Waals surface area contributed by atoms with E-state index in [2.05, 4.69) is 19.2 Å². The van der Waals surface area contributed by atoms with Crippen LogP contribution in [0.1, 0.15) is 52.4 Å². The molecule has 0 aromatic carbocycles. The summed E-state index contributed by atoms with van der Waals surface area (Å²) >= 11 is 0. The van der Waals surface area contributed by atoms with Crippen molar-refractivity contribution < 1.29 is 5.11 Å². The van der Waals surface area contributed by atoms with Gasteiger partial charge in [0.15, 0.2) is 0 Å². The summed E-state index contributed by atoms with van der Waals surface area (Å²) in [6.45, 7) is 6.39. The van der Waals surface area contributed by atoms with E-state index in [1.807, 2.05) is 0 Å². The molecule has 0 unspecified atom stereocenters. The van der Waals surface area contributed by atoms with Gasteiger partial charge in [0, 0.05) is 7.11 Å². The van der Waals surface area contributed by atoms with Crippen LogP contribution in [0.2, 0.25) is 0 Å². The van der Waals surface area contributed by atoms with Crippen LogP contribution >= 0.6 is 0 Å². The summed E-state index contributed by atoms with van der Waals surface area (Å²) in [5, 5.41) is 10.1. The first-order valence-corrected chi connectivity index (χ1v) is 5.57. The van der Waals surface area contributed by atoms with Crippen LogP contribution in [0.3, 0.4) is 0 Å². The molecule has 2 heteroatoms. The van der Waals surface area contributed by atoms with E-state index < -0.39 is 0 Å². The Morgan fingerprint density at radius 1 is 0.769 bits per heavy atom. The number of rotatable bonds is 2. The summed E-state index contributed by atoms with van der Waals surface area (Å²) < 4.78 is 0. The van der Waals surface area contributed by atoms with Gasteiger partial charge in [-0.25, -0.2) is 0 Å². The standard InChI is InChI=1S/C6H12.C4H11N.CH4O/c1-2-4-6-5-3-1;1-3-5-4-2;1-2/h1-6H2;5H,3-4H2,1-2H3;2H,1H3. The fourth-order valence-electron chi connectivity index (χ4n) is 1.31. The van der Waals surface area contributed by atoms with E-state index in [-0.39, 0.29) is 0 Å². The lowest BCUT2D eigenvalue weighted by Gasteiger charge is -2.05. The smallest absolute Gasteiger partial charge is 0.0319 e. The van der Waals surface area contributed by atoms with Crippen molar-refractivity contribution in [2.45, 2.75) is 52.4 Å². The number of hydrogen-bond donors (Lipinski definition) is 2. The molecule has 1 saturated carbocycles. The predicted octanol–water partition coefficient (Wildman–Crippen LogP) is 2.56. The predicted molar refractivity (Wildman–Crippen MR) is 60.1 cm³/mol. The van der Waals surface area contributed by atoms with Crippen molar-refractivity contribution in [3.05, 3.63) is 0 Å². The summed E-state index contributed by atoms with van der Waals surface area (Å²) in [7, 11) is 1.00. The number of hydrogen-bond acceptors (Lipinski definition) is 2. The molecule has 0 bridgehead atoms. The average Bonchev–Trinajstić information content (AvgIpc) is 2.25. The van der Waals surface area contributed by atoms with Gasteiger partial charge in [0.05, 0.1) is 0 Å². The van der Waals surface area contributed by atoms with Crippen LogP contribution in [0.15, 0.2) is 0 Å². The Morgan fingerprint density at radius 3 is 1.08 bits per heavy atom. The molecule has 0 spiro atoms. The summed E-state index contributed by atoms with van der Waals surface area (Å²) in [5.74, 6) is 0. The van der Waals surface area contributed by atoms with E-state index in [0.29, 0.717) is 0 Å². The van der Waals surface area contributed by atoms with E-state index >= 15 is 0 Å². The zero-order chi connectivity index (χ0) is 10.4. The van der Waals surface area contributed by atoms with Crippen molar-refractivity contribution in [2.24, 2.45) is 0 Å². The normalized spacial score (nSPS) is 14.8. The van der Waals surface area contributed by atoms with Crippen LogP contribution in [-0.2, 0) is 0 Å². The van der Waals surface area contributed by atoms with Gasteiger partial charge >= 0.3 is 0 Å². The molecule has 0 amide bonds. The highest BCUT2D eigenvalue weighted by Crippen LogP contribution is 2.15. The minimum absolute atomic E-state index is 1.00. The van der Waals surface area contributed by atoms with Crippen molar-refractivity contribution in [2.75, 3.05) is 20.2 Å². The zero-order valence-corrected chi connectivity index (χ0v) is 9.60. The second-order valence-electron chi connectivity index (χ2n) is 3.08. The highest BCUT2D eigenvalue weighted by atomic mass is 16.2. The fraction of sp³-hybridized carbons (Fsp3) is 1.00. The van der Waals surface area contributed by atoms with Gasteiger partial charge in [-0.3, -0.25) is 0 Å². The topological polar surface area (TPSA) is 32.3 Å². The Bertz CT molecular complexity index is 49.6. The second-order valence-corrected chi connectivity index (χ2v) is 3.08. The molecule has 2 nitrogen and oxygen atoms in total. The average molecular weight is 189 g/mol. The Kier molecular flexibility index (Phi) is 21.2. The number of nitrogens with one attached hydrogen (secondary N) is 1. The van der Waals surface area contributed by atoms with Crippen LogP contribution in [0.4, 0.5) is 0 Å².